The van der Waals surface area contributed by atoms with Gasteiger partial charge in [0.15, 0.2) is 11.5 Å². The summed E-state index contributed by atoms with van der Waals surface area (Å²) in [5, 5.41) is 10.9. The van der Waals surface area contributed by atoms with E-state index in [1.54, 1.807) is 12.0 Å². The number of carbonyl (C=O) groups is 1. The van der Waals surface area contributed by atoms with Crippen molar-refractivity contribution in [2.75, 3.05) is 31.2 Å². The van der Waals surface area contributed by atoms with Gasteiger partial charge in [-0.3, -0.25) is 9.69 Å². The molecule has 0 aromatic heterocycles. The Balaban J connectivity index is 1.36. The summed E-state index contributed by atoms with van der Waals surface area (Å²) in [7, 11) is 1.60. The second-order valence-electron chi connectivity index (χ2n) is 8.98. The SMILES string of the molecule is CCOc1ccc(N2CSC3=C(C#N)[C@H](c4ccc(OCc5ccccc5)c(OC)c4)CC(=O)N3C2)cc1. The van der Waals surface area contributed by atoms with Crippen molar-refractivity contribution >= 4 is 23.4 Å². The van der Waals surface area contributed by atoms with Gasteiger partial charge in [-0.05, 0) is 54.4 Å². The maximum Gasteiger partial charge on any atom is 0.229 e. The highest BCUT2D eigenvalue weighted by Gasteiger charge is 2.38. The molecule has 1 amide bonds. The zero-order chi connectivity index (χ0) is 26.5. The fourth-order valence-corrected chi connectivity index (χ4v) is 5.85. The molecule has 3 aromatic carbocycles. The number of hydrogen-bond acceptors (Lipinski definition) is 7. The number of anilines is 1. The van der Waals surface area contributed by atoms with E-state index in [0.29, 0.717) is 42.8 Å². The molecule has 2 aliphatic rings. The van der Waals surface area contributed by atoms with Crippen LogP contribution in [0.2, 0.25) is 0 Å². The topological polar surface area (TPSA) is 75.0 Å². The Labute approximate surface area is 227 Å². The Kier molecular flexibility index (Phi) is 7.75. The minimum Gasteiger partial charge on any atom is -0.494 e. The molecule has 38 heavy (non-hydrogen) atoms. The Morgan fingerprint density at radius 3 is 2.53 bits per heavy atom. The number of nitriles is 1. The van der Waals surface area contributed by atoms with E-state index in [-0.39, 0.29) is 18.2 Å². The maximum absolute atomic E-state index is 13.3. The van der Waals surface area contributed by atoms with Gasteiger partial charge in [0.1, 0.15) is 12.4 Å². The van der Waals surface area contributed by atoms with Gasteiger partial charge in [-0.2, -0.15) is 5.26 Å². The second kappa shape index (κ2) is 11.5. The maximum atomic E-state index is 13.3. The third-order valence-corrected chi connectivity index (χ3v) is 7.79. The molecule has 0 N–H and O–H groups in total. The lowest BCUT2D eigenvalue weighted by Gasteiger charge is -2.42. The highest BCUT2D eigenvalue weighted by atomic mass is 32.2. The van der Waals surface area contributed by atoms with E-state index >= 15 is 0 Å². The molecule has 1 saturated heterocycles. The minimum atomic E-state index is -0.333. The van der Waals surface area contributed by atoms with Gasteiger partial charge >= 0.3 is 0 Å². The van der Waals surface area contributed by atoms with Crippen LogP contribution in [-0.2, 0) is 11.4 Å². The van der Waals surface area contributed by atoms with Gasteiger partial charge in [0.2, 0.25) is 5.91 Å². The zero-order valence-corrected chi connectivity index (χ0v) is 22.2. The van der Waals surface area contributed by atoms with Crippen LogP contribution in [0.1, 0.15) is 30.4 Å². The molecular formula is C30H29N3O4S. The molecule has 0 aliphatic carbocycles. The van der Waals surface area contributed by atoms with E-state index in [0.717, 1.165) is 27.6 Å². The molecule has 7 nitrogen and oxygen atoms in total. The van der Waals surface area contributed by atoms with Gasteiger partial charge in [0.05, 0.1) is 42.9 Å². The summed E-state index contributed by atoms with van der Waals surface area (Å²) in [6, 6.07) is 25.8. The number of allylic oxidation sites excluding steroid dienone is 1. The molecule has 8 heteroatoms. The number of methoxy groups -OCH3 is 1. The number of fused-ring (bicyclic) bond motifs is 1. The number of nitrogens with zero attached hydrogens (tertiary/aromatic N) is 3. The minimum absolute atomic E-state index is 0.00416. The van der Waals surface area contributed by atoms with Gasteiger partial charge in [0.25, 0.3) is 0 Å². The summed E-state index contributed by atoms with van der Waals surface area (Å²) >= 11 is 1.52. The fraction of sp³-hybridized carbons (Fsp3) is 0.267. The van der Waals surface area contributed by atoms with Gasteiger partial charge < -0.3 is 19.1 Å². The molecule has 5 rings (SSSR count). The molecule has 0 radical (unpaired) electrons. The van der Waals surface area contributed by atoms with Gasteiger partial charge in [-0.1, -0.05) is 48.2 Å². The third kappa shape index (κ3) is 5.29. The molecule has 194 valence electrons. The van der Waals surface area contributed by atoms with Crippen molar-refractivity contribution in [1.29, 1.82) is 5.26 Å². The van der Waals surface area contributed by atoms with E-state index in [9.17, 15) is 10.1 Å². The first kappa shape index (κ1) is 25.6. The highest BCUT2D eigenvalue weighted by molar-refractivity contribution is 8.03. The summed E-state index contributed by atoms with van der Waals surface area (Å²) in [6.45, 7) is 3.39. The van der Waals surface area contributed by atoms with Crippen molar-refractivity contribution in [3.8, 4) is 23.3 Å². The van der Waals surface area contributed by atoms with Gasteiger partial charge in [0, 0.05) is 18.0 Å². The van der Waals surface area contributed by atoms with E-state index in [1.807, 2.05) is 79.7 Å². The molecule has 0 unspecified atom stereocenters. The Hall–Kier alpha value is -4.09. The van der Waals surface area contributed by atoms with E-state index in [4.69, 9.17) is 14.2 Å². The van der Waals surface area contributed by atoms with Gasteiger partial charge in [-0.25, -0.2) is 0 Å². The lowest BCUT2D eigenvalue weighted by Crippen LogP contribution is -2.47. The van der Waals surface area contributed by atoms with E-state index in [1.165, 1.54) is 11.8 Å². The zero-order valence-electron chi connectivity index (χ0n) is 21.4. The third-order valence-electron chi connectivity index (χ3n) is 6.63. The second-order valence-corrected chi connectivity index (χ2v) is 9.91. The van der Waals surface area contributed by atoms with E-state index < -0.39 is 0 Å². The molecule has 0 saturated carbocycles. The molecule has 2 aliphatic heterocycles. The quantitative estimate of drug-likeness (QED) is 0.361. The first-order valence-corrected chi connectivity index (χ1v) is 13.5. The largest absolute Gasteiger partial charge is 0.494 e. The lowest BCUT2D eigenvalue weighted by atomic mass is 9.86. The predicted octanol–water partition coefficient (Wildman–Crippen LogP) is 5.89. The molecular weight excluding hydrogens is 498 g/mol. The summed E-state index contributed by atoms with van der Waals surface area (Å²) in [6.07, 6.45) is 0.220. The van der Waals surface area contributed by atoms with Crippen molar-refractivity contribution < 1.29 is 19.0 Å². The van der Waals surface area contributed by atoms with Crippen LogP contribution >= 0.6 is 11.8 Å². The Morgan fingerprint density at radius 1 is 1.03 bits per heavy atom. The summed E-state index contributed by atoms with van der Waals surface area (Å²) in [4.78, 5) is 17.2. The number of rotatable bonds is 8. The highest BCUT2D eigenvalue weighted by Crippen LogP contribution is 2.44. The normalized spacial score (nSPS) is 17.1. The molecule has 0 spiro atoms. The number of carbonyl (C=O) groups excluding carboxylic acids is 1. The molecule has 1 atom stereocenters. The van der Waals surface area contributed by atoms with E-state index in [2.05, 4.69) is 11.0 Å². The summed E-state index contributed by atoms with van der Waals surface area (Å²) in [5.41, 5.74) is 3.53. The van der Waals surface area contributed by atoms with Crippen LogP contribution in [0.3, 0.4) is 0 Å². The molecule has 0 bridgehead atoms. The van der Waals surface area contributed by atoms with Crippen LogP contribution < -0.4 is 19.1 Å². The van der Waals surface area contributed by atoms with Crippen LogP contribution in [-0.4, -0.2) is 37.1 Å². The van der Waals surface area contributed by atoms with Crippen molar-refractivity contribution in [3.63, 3.8) is 0 Å². The van der Waals surface area contributed by atoms with Crippen molar-refractivity contribution in [1.82, 2.24) is 4.90 Å². The molecule has 2 heterocycles. The number of amides is 1. The summed E-state index contributed by atoms with van der Waals surface area (Å²) in [5.74, 6) is 2.31. The first-order valence-electron chi connectivity index (χ1n) is 12.5. The lowest BCUT2D eigenvalue weighted by molar-refractivity contribution is -0.129. The average Bonchev–Trinajstić information content (AvgIpc) is 2.97. The Morgan fingerprint density at radius 2 is 1.82 bits per heavy atom. The van der Waals surface area contributed by atoms with Crippen LogP contribution in [0.4, 0.5) is 5.69 Å². The number of thioether (sulfide) groups is 1. The van der Waals surface area contributed by atoms with Crippen LogP contribution in [0.25, 0.3) is 0 Å². The van der Waals surface area contributed by atoms with Crippen molar-refractivity contribution in [3.05, 3.63) is 94.5 Å². The number of ether oxygens (including phenoxy) is 3. The number of hydrogen-bond donors (Lipinski definition) is 0. The monoisotopic (exact) mass is 527 g/mol. The predicted molar refractivity (Wildman–Crippen MR) is 148 cm³/mol. The van der Waals surface area contributed by atoms with Crippen LogP contribution in [0, 0.1) is 11.3 Å². The van der Waals surface area contributed by atoms with Crippen molar-refractivity contribution in [2.45, 2.75) is 25.9 Å². The van der Waals surface area contributed by atoms with Crippen LogP contribution in [0.15, 0.2) is 83.4 Å². The summed E-state index contributed by atoms with van der Waals surface area (Å²) < 4.78 is 17.2. The van der Waals surface area contributed by atoms with Crippen LogP contribution in [0.5, 0.6) is 17.2 Å². The molecule has 1 fully saturated rings. The molecule has 3 aromatic rings. The fourth-order valence-electron chi connectivity index (χ4n) is 4.69. The standard InChI is InChI=1S/C30H29N3O4S/c1-3-36-24-12-10-23(11-13-24)32-19-33-29(34)16-25(26(17-31)30(33)38-20-32)22-9-14-27(28(15-22)35-2)37-18-21-7-5-4-6-8-21/h4-15,25H,3,16,18-20H2,1-2H3/t25-/m0/s1. The average molecular weight is 528 g/mol. The number of benzene rings is 3. The Bertz CT molecular complexity index is 1370. The first-order chi connectivity index (χ1) is 18.6. The smallest absolute Gasteiger partial charge is 0.229 e. The van der Waals surface area contributed by atoms with Crippen molar-refractivity contribution in [2.24, 2.45) is 0 Å². The van der Waals surface area contributed by atoms with Gasteiger partial charge in [-0.15, -0.1) is 0 Å².